The Bertz CT molecular complexity index is 765. The molecule has 24 heavy (non-hydrogen) atoms. The van der Waals surface area contributed by atoms with E-state index >= 15 is 0 Å². The molecule has 0 heterocycles. The highest BCUT2D eigenvalue weighted by Crippen LogP contribution is 2.29. The second kappa shape index (κ2) is 8.38. The number of hydrogen-bond acceptors (Lipinski definition) is 2. The van der Waals surface area contributed by atoms with Crippen LogP contribution in [0, 0.1) is 0 Å². The molecule has 0 unspecified atom stereocenters. The summed E-state index contributed by atoms with van der Waals surface area (Å²) in [7, 11) is 0. The van der Waals surface area contributed by atoms with Crippen LogP contribution in [-0.2, 0) is 4.79 Å². The van der Waals surface area contributed by atoms with E-state index in [-0.39, 0.29) is 24.9 Å². The molecule has 0 aliphatic heterocycles. The SMILES string of the molecule is CC(=O)N(CCNC(=O)c1cccc(Cl)c1)c1cc(Cl)ccc1Cl. The summed E-state index contributed by atoms with van der Waals surface area (Å²) in [6.07, 6.45) is 0. The lowest BCUT2D eigenvalue weighted by atomic mass is 10.2. The van der Waals surface area contributed by atoms with Gasteiger partial charge in [-0.15, -0.1) is 0 Å². The standard InChI is InChI=1S/C17H15Cl3N2O2/c1-11(23)22(16-10-14(19)5-6-15(16)20)8-7-21-17(24)12-3-2-4-13(18)9-12/h2-6,9-10H,7-8H2,1H3,(H,21,24). The van der Waals surface area contributed by atoms with E-state index in [1.165, 1.54) is 11.8 Å². The first-order valence-electron chi connectivity index (χ1n) is 7.15. The monoisotopic (exact) mass is 384 g/mol. The highest BCUT2D eigenvalue weighted by atomic mass is 35.5. The van der Waals surface area contributed by atoms with Gasteiger partial charge in [0.1, 0.15) is 0 Å². The van der Waals surface area contributed by atoms with Crippen LogP contribution < -0.4 is 10.2 Å². The minimum absolute atomic E-state index is 0.198. The number of benzene rings is 2. The minimum atomic E-state index is -0.266. The number of carbonyl (C=O) groups excluding carboxylic acids is 2. The summed E-state index contributed by atoms with van der Waals surface area (Å²) in [4.78, 5) is 25.4. The quantitative estimate of drug-likeness (QED) is 0.827. The van der Waals surface area contributed by atoms with Gasteiger partial charge in [0.05, 0.1) is 10.7 Å². The molecule has 0 bridgehead atoms. The van der Waals surface area contributed by atoms with Gasteiger partial charge in [0.25, 0.3) is 5.91 Å². The van der Waals surface area contributed by atoms with Crippen molar-refractivity contribution in [1.82, 2.24) is 5.32 Å². The molecule has 0 aromatic heterocycles. The van der Waals surface area contributed by atoms with Gasteiger partial charge >= 0.3 is 0 Å². The molecule has 126 valence electrons. The van der Waals surface area contributed by atoms with Gasteiger partial charge in [0.15, 0.2) is 0 Å². The predicted molar refractivity (Wildman–Crippen MR) is 98.3 cm³/mol. The van der Waals surface area contributed by atoms with Crippen molar-refractivity contribution in [3.8, 4) is 0 Å². The van der Waals surface area contributed by atoms with Crippen LogP contribution in [0.2, 0.25) is 15.1 Å². The molecule has 0 atom stereocenters. The molecule has 1 N–H and O–H groups in total. The molecule has 0 aliphatic rings. The summed E-state index contributed by atoms with van der Waals surface area (Å²) >= 11 is 18.0. The maximum atomic E-state index is 12.1. The van der Waals surface area contributed by atoms with Crippen molar-refractivity contribution in [3.05, 3.63) is 63.1 Å². The van der Waals surface area contributed by atoms with E-state index in [9.17, 15) is 9.59 Å². The molecule has 4 nitrogen and oxygen atoms in total. The molecule has 0 fully saturated rings. The lowest BCUT2D eigenvalue weighted by molar-refractivity contribution is -0.116. The Morgan fingerprint density at radius 1 is 1.04 bits per heavy atom. The van der Waals surface area contributed by atoms with Crippen molar-refractivity contribution in [2.24, 2.45) is 0 Å². The third-order valence-electron chi connectivity index (χ3n) is 3.29. The minimum Gasteiger partial charge on any atom is -0.350 e. The van der Waals surface area contributed by atoms with Crippen LogP contribution in [0.15, 0.2) is 42.5 Å². The van der Waals surface area contributed by atoms with Gasteiger partial charge in [-0.1, -0.05) is 40.9 Å². The Kier molecular flexibility index (Phi) is 6.49. The van der Waals surface area contributed by atoms with E-state index in [1.54, 1.807) is 42.5 Å². The molecule has 2 amide bonds. The normalized spacial score (nSPS) is 10.3. The summed E-state index contributed by atoms with van der Waals surface area (Å²) < 4.78 is 0. The van der Waals surface area contributed by atoms with E-state index in [2.05, 4.69) is 5.32 Å². The Labute approximate surface area is 155 Å². The third kappa shape index (κ3) is 4.87. The Morgan fingerprint density at radius 2 is 1.75 bits per heavy atom. The van der Waals surface area contributed by atoms with Gasteiger partial charge in [-0.2, -0.15) is 0 Å². The van der Waals surface area contributed by atoms with E-state index in [1.807, 2.05) is 0 Å². The summed E-state index contributed by atoms with van der Waals surface area (Å²) in [5, 5.41) is 4.12. The maximum absolute atomic E-state index is 12.1. The Morgan fingerprint density at radius 3 is 2.42 bits per heavy atom. The summed E-state index contributed by atoms with van der Waals surface area (Å²) in [5.74, 6) is -0.464. The van der Waals surface area contributed by atoms with Crippen molar-refractivity contribution >= 4 is 52.3 Å². The van der Waals surface area contributed by atoms with Gasteiger partial charge in [-0.05, 0) is 36.4 Å². The van der Waals surface area contributed by atoms with Gasteiger partial charge in [-0.25, -0.2) is 0 Å². The average molecular weight is 386 g/mol. The molecule has 2 rings (SSSR count). The first kappa shape index (κ1) is 18.6. The smallest absolute Gasteiger partial charge is 0.251 e. The number of carbonyl (C=O) groups is 2. The summed E-state index contributed by atoms with van der Waals surface area (Å²) in [5.41, 5.74) is 0.964. The fourth-order valence-electron chi connectivity index (χ4n) is 2.15. The molecule has 0 spiro atoms. The van der Waals surface area contributed by atoms with Crippen molar-refractivity contribution in [2.45, 2.75) is 6.92 Å². The van der Waals surface area contributed by atoms with Crippen molar-refractivity contribution in [2.75, 3.05) is 18.0 Å². The van der Waals surface area contributed by atoms with Crippen LogP contribution in [0.5, 0.6) is 0 Å². The number of halogens is 3. The molecule has 0 saturated heterocycles. The van der Waals surface area contributed by atoms with Crippen LogP contribution in [0.3, 0.4) is 0 Å². The topological polar surface area (TPSA) is 49.4 Å². The third-order valence-corrected chi connectivity index (χ3v) is 4.08. The number of anilines is 1. The average Bonchev–Trinajstić information content (AvgIpc) is 2.53. The van der Waals surface area contributed by atoms with Crippen LogP contribution in [0.25, 0.3) is 0 Å². The van der Waals surface area contributed by atoms with E-state index < -0.39 is 0 Å². The highest BCUT2D eigenvalue weighted by molar-refractivity contribution is 6.35. The molecular formula is C17H15Cl3N2O2. The number of nitrogens with one attached hydrogen (secondary N) is 1. The molecule has 2 aromatic rings. The molecule has 7 heteroatoms. The van der Waals surface area contributed by atoms with Crippen LogP contribution in [0.4, 0.5) is 5.69 Å². The van der Waals surface area contributed by atoms with Gasteiger partial charge in [0, 0.05) is 35.6 Å². The highest BCUT2D eigenvalue weighted by Gasteiger charge is 2.15. The van der Waals surface area contributed by atoms with Gasteiger partial charge in [0.2, 0.25) is 5.91 Å². The number of hydrogen-bond donors (Lipinski definition) is 1. The van der Waals surface area contributed by atoms with Crippen LogP contribution in [-0.4, -0.2) is 24.9 Å². The van der Waals surface area contributed by atoms with E-state index in [0.717, 1.165) is 0 Å². The van der Waals surface area contributed by atoms with E-state index in [0.29, 0.717) is 26.3 Å². The molecule has 0 aliphatic carbocycles. The Hall–Kier alpha value is -1.75. The molecule has 0 radical (unpaired) electrons. The van der Waals surface area contributed by atoms with E-state index in [4.69, 9.17) is 34.8 Å². The van der Waals surface area contributed by atoms with Crippen molar-refractivity contribution in [1.29, 1.82) is 0 Å². The summed E-state index contributed by atoms with van der Waals surface area (Å²) in [6, 6.07) is 11.5. The summed E-state index contributed by atoms with van der Waals surface area (Å²) in [6.45, 7) is 1.95. The lowest BCUT2D eigenvalue weighted by Gasteiger charge is -2.22. The first-order valence-corrected chi connectivity index (χ1v) is 8.29. The fourth-order valence-corrected chi connectivity index (χ4v) is 2.73. The Balaban J connectivity index is 2.03. The van der Waals surface area contributed by atoms with Crippen molar-refractivity contribution in [3.63, 3.8) is 0 Å². The zero-order valence-electron chi connectivity index (χ0n) is 12.9. The number of amides is 2. The zero-order chi connectivity index (χ0) is 17.7. The lowest BCUT2D eigenvalue weighted by Crippen LogP contribution is -2.37. The second-order valence-electron chi connectivity index (χ2n) is 5.03. The number of rotatable bonds is 5. The van der Waals surface area contributed by atoms with Gasteiger partial charge in [-0.3, -0.25) is 9.59 Å². The largest absolute Gasteiger partial charge is 0.350 e. The number of nitrogens with zero attached hydrogens (tertiary/aromatic N) is 1. The molecular weight excluding hydrogens is 371 g/mol. The second-order valence-corrected chi connectivity index (χ2v) is 6.31. The first-order chi connectivity index (χ1) is 11.4. The maximum Gasteiger partial charge on any atom is 0.251 e. The van der Waals surface area contributed by atoms with Gasteiger partial charge < -0.3 is 10.2 Å². The molecule has 0 saturated carbocycles. The predicted octanol–water partition coefficient (Wildman–Crippen LogP) is 4.43. The van der Waals surface area contributed by atoms with Crippen LogP contribution in [0.1, 0.15) is 17.3 Å². The van der Waals surface area contributed by atoms with Crippen LogP contribution >= 0.6 is 34.8 Å². The fraction of sp³-hybridized carbons (Fsp3) is 0.176. The van der Waals surface area contributed by atoms with Crippen molar-refractivity contribution < 1.29 is 9.59 Å². The molecule has 2 aromatic carbocycles. The zero-order valence-corrected chi connectivity index (χ0v) is 15.1.